The highest BCUT2D eigenvalue weighted by Crippen LogP contribution is 2.05. The fourth-order valence-corrected chi connectivity index (χ4v) is 1.18. The van der Waals surface area contributed by atoms with E-state index < -0.39 is 0 Å². The first-order valence-electron chi connectivity index (χ1n) is 4.94. The van der Waals surface area contributed by atoms with Crippen molar-refractivity contribution < 1.29 is 9.90 Å². The zero-order chi connectivity index (χ0) is 11.1. The molecule has 0 aliphatic rings. The van der Waals surface area contributed by atoms with Gasteiger partial charge in [0, 0.05) is 17.9 Å². The molecule has 0 heterocycles. The first-order valence-corrected chi connectivity index (χ1v) is 4.94. The van der Waals surface area contributed by atoms with Gasteiger partial charge in [0.2, 0.25) is 0 Å². The zero-order valence-electron chi connectivity index (χ0n) is 8.57. The van der Waals surface area contributed by atoms with E-state index in [1.807, 2.05) is 0 Å². The third kappa shape index (κ3) is 4.10. The summed E-state index contributed by atoms with van der Waals surface area (Å²) in [7, 11) is 0. The van der Waals surface area contributed by atoms with E-state index in [0.717, 1.165) is 0 Å². The van der Waals surface area contributed by atoms with Crippen molar-refractivity contribution >= 4 is 11.5 Å². The zero-order valence-corrected chi connectivity index (χ0v) is 8.57. The summed E-state index contributed by atoms with van der Waals surface area (Å²) in [6.07, 6.45) is 0.662. The summed E-state index contributed by atoms with van der Waals surface area (Å²) in [6, 6.07) is 6.85. The number of hydrogen-bond donors (Lipinski definition) is 3. The number of ketones is 1. The Labute approximate surface area is 89.1 Å². The van der Waals surface area contributed by atoms with Crippen LogP contribution in [0.1, 0.15) is 16.8 Å². The molecule has 0 aromatic heterocycles. The number of hydrogen-bond acceptors (Lipinski definition) is 4. The summed E-state index contributed by atoms with van der Waals surface area (Å²) in [4.78, 5) is 11.6. The van der Waals surface area contributed by atoms with Crippen LogP contribution in [0.2, 0.25) is 0 Å². The highest BCUT2D eigenvalue weighted by molar-refractivity contribution is 5.97. The number of aliphatic hydroxyl groups is 1. The van der Waals surface area contributed by atoms with E-state index in [9.17, 15) is 4.79 Å². The van der Waals surface area contributed by atoms with Crippen molar-refractivity contribution in [1.29, 1.82) is 0 Å². The number of Topliss-reactive ketones (excluding diaryl/α,β-unsaturated/α-hetero) is 1. The van der Waals surface area contributed by atoms with Crippen LogP contribution in [0, 0.1) is 0 Å². The molecule has 15 heavy (non-hydrogen) atoms. The van der Waals surface area contributed by atoms with Crippen molar-refractivity contribution in [2.24, 2.45) is 0 Å². The molecule has 82 valence electrons. The van der Waals surface area contributed by atoms with Gasteiger partial charge < -0.3 is 16.2 Å². The van der Waals surface area contributed by atoms with Gasteiger partial charge in [0.05, 0.1) is 6.54 Å². The molecule has 0 fully saturated rings. The molecule has 1 rings (SSSR count). The molecular weight excluding hydrogens is 192 g/mol. The van der Waals surface area contributed by atoms with Crippen LogP contribution in [0.3, 0.4) is 0 Å². The second-order valence-electron chi connectivity index (χ2n) is 3.30. The van der Waals surface area contributed by atoms with Crippen molar-refractivity contribution in [3.63, 3.8) is 0 Å². The molecule has 0 aliphatic carbocycles. The molecule has 0 aliphatic heterocycles. The number of benzene rings is 1. The van der Waals surface area contributed by atoms with Crippen LogP contribution in [0.25, 0.3) is 0 Å². The standard InChI is InChI=1S/C11H16N2O2/c12-10-4-2-9(3-5-10)11(15)8-13-6-1-7-14/h2-5,13-14H,1,6-8,12H2. The predicted molar refractivity (Wildman–Crippen MR) is 59.8 cm³/mol. The average molecular weight is 208 g/mol. The van der Waals surface area contributed by atoms with E-state index in [1.54, 1.807) is 24.3 Å². The third-order valence-electron chi connectivity index (χ3n) is 2.03. The van der Waals surface area contributed by atoms with Crippen LogP contribution >= 0.6 is 0 Å². The molecule has 0 radical (unpaired) electrons. The van der Waals surface area contributed by atoms with E-state index in [1.165, 1.54) is 0 Å². The average Bonchev–Trinajstić information content (AvgIpc) is 2.25. The fourth-order valence-electron chi connectivity index (χ4n) is 1.18. The Kier molecular flexibility index (Phi) is 4.80. The first kappa shape index (κ1) is 11.7. The molecular formula is C11H16N2O2. The lowest BCUT2D eigenvalue weighted by atomic mass is 10.1. The molecule has 4 heteroatoms. The monoisotopic (exact) mass is 208 g/mol. The number of aliphatic hydroxyl groups excluding tert-OH is 1. The van der Waals surface area contributed by atoms with Gasteiger partial charge in [-0.1, -0.05) is 0 Å². The molecule has 4 nitrogen and oxygen atoms in total. The van der Waals surface area contributed by atoms with Gasteiger partial charge in [-0.05, 0) is 37.2 Å². The SMILES string of the molecule is Nc1ccc(C(=O)CNCCCO)cc1. The van der Waals surface area contributed by atoms with Crippen LogP contribution in [0.4, 0.5) is 5.69 Å². The topological polar surface area (TPSA) is 75.4 Å². The van der Waals surface area contributed by atoms with Gasteiger partial charge in [0.25, 0.3) is 0 Å². The molecule has 0 atom stereocenters. The van der Waals surface area contributed by atoms with Gasteiger partial charge in [-0.2, -0.15) is 0 Å². The summed E-state index contributed by atoms with van der Waals surface area (Å²) in [5.74, 6) is 0.0351. The molecule has 0 bridgehead atoms. The fraction of sp³-hybridized carbons (Fsp3) is 0.364. The Bertz CT molecular complexity index is 309. The van der Waals surface area contributed by atoms with Crippen molar-refractivity contribution in [3.05, 3.63) is 29.8 Å². The Morgan fingerprint density at radius 1 is 1.33 bits per heavy atom. The maximum absolute atomic E-state index is 11.6. The van der Waals surface area contributed by atoms with E-state index in [-0.39, 0.29) is 12.4 Å². The van der Waals surface area contributed by atoms with Crippen molar-refractivity contribution in [2.45, 2.75) is 6.42 Å². The van der Waals surface area contributed by atoms with Crippen molar-refractivity contribution in [1.82, 2.24) is 5.32 Å². The summed E-state index contributed by atoms with van der Waals surface area (Å²) in [5.41, 5.74) is 6.82. The lowest BCUT2D eigenvalue weighted by molar-refractivity contribution is 0.0990. The van der Waals surface area contributed by atoms with E-state index in [4.69, 9.17) is 10.8 Å². The highest BCUT2D eigenvalue weighted by atomic mass is 16.3. The Hall–Kier alpha value is -1.39. The van der Waals surface area contributed by atoms with E-state index in [2.05, 4.69) is 5.32 Å². The molecule has 1 aromatic carbocycles. The molecule has 0 saturated carbocycles. The second kappa shape index (κ2) is 6.16. The summed E-state index contributed by atoms with van der Waals surface area (Å²) in [5, 5.41) is 11.5. The predicted octanol–water partition coefficient (Wildman–Crippen LogP) is 0.423. The van der Waals surface area contributed by atoms with Gasteiger partial charge in [-0.3, -0.25) is 4.79 Å². The quantitative estimate of drug-likeness (QED) is 0.360. The Morgan fingerprint density at radius 2 is 2.00 bits per heavy atom. The molecule has 0 amide bonds. The first-order chi connectivity index (χ1) is 7.24. The maximum Gasteiger partial charge on any atom is 0.176 e. The smallest absolute Gasteiger partial charge is 0.176 e. The minimum atomic E-state index is 0.0351. The number of rotatable bonds is 6. The van der Waals surface area contributed by atoms with Gasteiger partial charge in [-0.15, -0.1) is 0 Å². The van der Waals surface area contributed by atoms with E-state index >= 15 is 0 Å². The minimum absolute atomic E-state index is 0.0351. The van der Waals surface area contributed by atoms with Gasteiger partial charge in [0.15, 0.2) is 5.78 Å². The van der Waals surface area contributed by atoms with Crippen LogP contribution in [-0.4, -0.2) is 30.6 Å². The van der Waals surface area contributed by atoms with Crippen molar-refractivity contribution in [2.75, 3.05) is 25.4 Å². The lowest BCUT2D eigenvalue weighted by Gasteiger charge is -2.03. The summed E-state index contributed by atoms with van der Waals surface area (Å²) >= 11 is 0. The maximum atomic E-state index is 11.6. The van der Waals surface area contributed by atoms with Gasteiger partial charge in [0.1, 0.15) is 0 Å². The van der Waals surface area contributed by atoms with Crippen molar-refractivity contribution in [3.8, 4) is 0 Å². The molecule has 4 N–H and O–H groups in total. The van der Waals surface area contributed by atoms with Crippen LogP contribution in [-0.2, 0) is 0 Å². The van der Waals surface area contributed by atoms with Crippen LogP contribution in [0.5, 0.6) is 0 Å². The van der Waals surface area contributed by atoms with E-state index in [0.29, 0.717) is 30.8 Å². The van der Waals surface area contributed by atoms with Crippen LogP contribution in [0.15, 0.2) is 24.3 Å². The number of nitrogens with two attached hydrogens (primary N) is 1. The van der Waals surface area contributed by atoms with Gasteiger partial charge in [-0.25, -0.2) is 0 Å². The molecule has 1 aromatic rings. The second-order valence-corrected chi connectivity index (χ2v) is 3.30. The molecule has 0 saturated heterocycles. The number of anilines is 1. The lowest BCUT2D eigenvalue weighted by Crippen LogP contribution is -2.24. The largest absolute Gasteiger partial charge is 0.399 e. The number of nitrogens with one attached hydrogen (secondary N) is 1. The molecule has 0 spiro atoms. The highest BCUT2D eigenvalue weighted by Gasteiger charge is 2.03. The minimum Gasteiger partial charge on any atom is -0.399 e. The Morgan fingerprint density at radius 3 is 2.60 bits per heavy atom. The van der Waals surface area contributed by atoms with Gasteiger partial charge >= 0.3 is 0 Å². The number of carbonyl (C=O) groups excluding carboxylic acids is 1. The number of carbonyl (C=O) groups is 1. The van der Waals surface area contributed by atoms with Crippen LogP contribution < -0.4 is 11.1 Å². The summed E-state index contributed by atoms with van der Waals surface area (Å²) in [6.45, 7) is 1.09. The normalized spacial score (nSPS) is 10.2. The number of nitrogen functional groups attached to an aromatic ring is 1. The molecule has 0 unspecified atom stereocenters. The third-order valence-corrected chi connectivity index (χ3v) is 2.03. The summed E-state index contributed by atoms with van der Waals surface area (Å²) < 4.78 is 0. The Balaban J connectivity index is 2.37.